The van der Waals surface area contributed by atoms with Crippen molar-refractivity contribution in [3.05, 3.63) is 0 Å². The van der Waals surface area contributed by atoms with Gasteiger partial charge in [0, 0.05) is 0 Å². The topological polar surface area (TPSA) is 0 Å². The van der Waals surface area contributed by atoms with Crippen LogP contribution < -0.4 is 0 Å². The molecule has 0 aromatic heterocycles. The van der Waals surface area contributed by atoms with E-state index in [9.17, 15) is 14.3 Å². The van der Waals surface area contributed by atoms with E-state index in [1.165, 1.54) is 0 Å². The first kappa shape index (κ1) is 6.38. The van der Waals surface area contributed by atoms with E-state index in [0.717, 1.165) is 0 Å². The zero-order valence-corrected chi connectivity index (χ0v) is 4.43. The van der Waals surface area contributed by atoms with Crippen LogP contribution in [-0.4, -0.2) is 0 Å². The van der Waals surface area contributed by atoms with Gasteiger partial charge in [-0.3, -0.25) is 0 Å². The van der Waals surface area contributed by atoms with Gasteiger partial charge in [-0.15, -0.1) is 0 Å². The maximum absolute atomic E-state index is 9.89. The van der Waals surface area contributed by atoms with Gasteiger partial charge in [-0.05, 0) is 0 Å². The van der Waals surface area contributed by atoms with Crippen LogP contribution in [0.4, 0.5) is 14.3 Å². The molecule has 0 nitrogen and oxygen atoms in total. The van der Waals surface area contributed by atoms with Crippen molar-refractivity contribution in [3.8, 4) is 0 Å². The Morgan fingerprint density at radius 3 is 0.667 bits per heavy atom. The van der Waals surface area contributed by atoms with Crippen molar-refractivity contribution in [1.82, 2.24) is 0 Å². The normalized spacial score (nSPS) is 19.2. The molecular formula is F5I. The standard InChI is InChI=1S/F5I/c1-6(2,3,4)5. The first-order valence-corrected chi connectivity index (χ1v) is 4.79. The summed E-state index contributed by atoms with van der Waals surface area (Å²) in [4.78, 5) is 0. The number of hydrogen-bond acceptors (Lipinski definition) is 0. The van der Waals surface area contributed by atoms with Crippen LogP contribution in [0.15, 0.2) is 0 Å². The fraction of sp³-hybridized carbons (Fsp3) is 0. The summed E-state index contributed by atoms with van der Waals surface area (Å²) < 4.78 is 49.5. The van der Waals surface area contributed by atoms with Gasteiger partial charge in [0.05, 0.1) is 0 Å². The molecule has 0 saturated heterocycles. The van der Waals surface area contributed by atoms with Crippen LogP contribution in [0.2, 0.25) is 0 Å². The molecule has 0 rings (SSSR count). The molecule has 0 amide bonds. The molecule has 0 bridgehead atoms. The molecule has 0 aliphatic carbocycles. The summed E-state index contributed by atoms with van der Waals surface area (Å²) in [5.74, 6) is 0. The fourth-order valence-corrected chi connectivity index (χ4v) is 0. The van der Waals surface area contributed by atoms with Crippen molar-refractivity contribution in [2.24, 2.45) is 0 Å². The summed E-state index contributed by atoms with van der Waals surface area (Å²) in [6.07, 6.45) is 0. The predicted octanol–water partition coefficient (Wildman–Crippen LogP) is 2.99. The first-order valence-electron chi connectivity index (χ1n) is 0.714. The molecule has 6 heteroatoms. The number of rotatable bonds is 0. The van der Waals surface area contributed by atoms with Crippen LogP contribution in [0, 0.1) is 0 Å². The molecule has 42 valence electrons. The molecule has 0 saturated carbocycles. The molecule has 0 aliphatic heterocycles. The zero-order valence-electron chi connectivity index (χ0n) is 2.27. The van der Waals surface area contributed by atoms with Gasteiger partial charge in [-0.1, -0.05) is 0 Å². The monoisotopic (exact) mass is 222 g/mol. The summed E-state index contributed by atoms with van der Waals surface area (Å²) in [6.45, 7) is 0. The molecule has 0 unspecified atom stereocenters. The third-order valence-corrected chi connectivity index (χ3v) is 0. The summed E-state index contributed by atoms with van der Waals surface area (Å²) in [6, 6.07) is 0. The Balaban J connectivity index is 3.73. The van der Waals surface area contributed by atoms with Gasteiger partial charge in [0.1, 0.15) is 0 Å². The molecule has 0 aromatic carbocycles. The van der Waals surface area contributed by atoms with Crippen molar-refractivity contribution in [1.29, 1.82) is 0 Å². The number of hydrogen-bond donors (Lipinski definition) is 0. The van der Waals surface area contributed by atoms with Gasteiger partial charge < -0.3 is 0 Å². The van der Waals surface area contributed by atoms with Crippen molar-refractivity contribution in [2.75, 3.05) is 0 Å². The summed E-state index contributed by atoms with van der Waals surface area (Å²) in [5, 5.41) is 0. The molecular weight excluding hydrogens is 222 g/mol. The van der Waals surface area contributed by atoms with Gasteiger partial charge in [0.15, 0.2) is 0 Å². The van der Waals surface area contributed by atoms with Gasteiger partial charge in [-0.25, -0.2) is 0 Å². The van der Waals surface area contributed by atoms with Gasteiger partial charge >= 0.3 is 34.2 Å². The molecule has 0 fully saturated rings. The van der Waals surface area contributed by atoms with E-state index in [-0.39, 0.29) is 0 Å². The Morgan fingerprint density at radius 2 is 0.667 bits per heavy atom. The van der Waals surface area contributed by atoms with E-state index in [4.69, 9.17) is 0 Å². The third kappa shape index (κ3) is 347. The van der Waals surface area contributed by atoms with Crippen molar-refractivity contribution >= 4 is 19.9 Å². The fourth-order valence-electron chi connectivity index (χ4n) is 0. The molecule has 6 heavy (non-hydrogen) atoms. The van der Waals surface area contributed by atoms with E-state index in [1.54, 1.807) is 0 Å². The summed E-state index contributed by atoms with van der Waals surface area (Å²) in [5.41, 5.74) is 0. The second-order valence-corrected chi connectivity index (χ2v) is 3.62. The Morgan fingerprint density at radius 1 is 0.667 bits per heavy atom. The Labute approximate surface area is 34.9 Å². The summed E-state index contributed by atoms with van der Waals surface area (Å²) >= 11 is -9.05. The molecule has 0 atom stereocenters. The van der Waals surface area contributed by atoms with Crippen LogP contribution >= 0.6 is 19.9 Å². The Kier molecular flexibility index (Phi) is 1.02. The van der Waals surface area contributed by atoms with Crippen LogP contribution in [0.5, 0.6) is 0 Å². The van der Waals surface area contributed by atoms with E-state index in [0.29, 0.717) is 0 Å². The predicted molar refractivity (Wildman–Crippen MR) is 19.6 cm³/mol. The Hall–Kier alpha value is 0.380. The van der Waals surface area contributed by atoms with Crippen LogP contribution in [0.1, 0.15) is 0 Å². The van der Waals surface area contributed by atoms with Crippen LogP contribution in [-0.2, 0) is 0 Å². The molecule has 0 radical (unpaired) electrons. The zero-order chi connectivity index (χ0) is 5.45. The Bertz CT molecular complexity index is 37.1. The van der Waals surface area contributed by atoms with Crippen molar-refractivity contribution < 1.29 is 14.3 Å². The minimum absolute atomic E-state index is 9.05. The molecule has 0 aliphatic rings. The van der Waals surface area contributed by atoms with E-state index >= 15 is 0 Å². The van der Waals surface area contributed by atoms with Crippen molar-refractivity contribution in [3.63, 3.8) is 0 Å². The second kappa shape index (κ2) is 0.958. The van der Waals surface area contributed by atoms with Gasteiger partial charge in [0.2, 0.25) is 0 Å². The molecule has 0 spiro atoms. The molecule has 0 N–H and O–H groups in total. The number of halogens is 6. The quantitative estimate of drug-likeness (QED) is 0.436. The first-order chi connectivity index (χ1) is 2.24. The van der Waals surface area contributed by atoms with Crippen molar-refractivity contribution in [2.45, 2.75) is 0 Å². The molecule has 0 heterocycles. The second-order valence-electron chi connectivity index (χ2n) is 0.540. The van der Waals surface area contributed by atoms with E-state index < -0.39 is 19.9 Å². The average molecular weight is 222 g/mol. The summed E-state index contributed by atoms with van der Waals surface area (Å²) in [7, 11) is 0. The van der Waals surface area contributed by atoms with E-state index in [1.807, 2.05) is 0 Å². The maximum atomic E-state index is 9.89. The van der Waals surface area contributed by atoms with Gasteiger partial charge in [0.25, 0.3) is 0 Å². The minimum atomic E-state index is -9.05. The molecule has 0 aromatic rings. The van der Waals surface area contributed by atoms with Crippen LogP contribution in [0.25, 0.3) is 0 Å². The van der Waals surface area contributed by atoms with E-state index in [2.05, 4.69) is 0 Å². The third-order valence-electron chi connectivity index (χ3n) is 0. The van der Waals surface area contributed by atoms with Crippen LogP contribution in [0.3, 0.4) is 0 Å². The van der Waals surface area contributed by atoms with Gasteiger partial charge in [-0.2, -0.15) is 0 Å². The SMILES string of the molecule is FI(F)(F)(F)F. The average Bonchev–Trinajstić information content (AvgIpc) is 0.650.